The average molecular weight is 195 g/mol. The van der Waals surface area contributed by atoms with Gasteiger partial charge in [-0.1, -0.05) is 18.9 Å². The zero-order valence-corrected chi connectivity index (χ0v) is 8.72. The van der Waals surface area contributed by atoms with Gasteiger partial charge in [-0.3, -0.25) is 0 Å². The highest BCUT2D eigenvalue weighted by atomic mass is 15.6. The minimum atomic E-state index is 0.390. The molecule has 5 heteroatoms. The lowest BCUT2D eigenvalue weighted by atomic mass is 9.80. The molecule has 78 valence electrons. The highest BCUT2D eigenvalue weighted by Gasteiger charge is 2.28. The molecular weight excluding hydrogens is 178 g/mol. The summed E-state index contributed by atoms with van der Waals surface area (Å²) in [7, 11) is 0. The van der Waals surface area contributed by atoms with Crippen molar-refractivity contribution >= 4 is 5.95 Å². The van der Waals surface area contributed by atoms with E-state index in [0.717, 1.165) is 12.3 Å². The number of rotatable bonds is 1. The molecule has 1 saturated carbocycles. The van der Waals surface area contributed by atoms with Crippen LogP contribution in [-0.4, -0.2) is 20.2 Å². The van der Waals surface area contributed by atoms with E-state index in [1.807, 2.05) is 0 Å². The summed E-state index contributed by atoms with van der Waals surface area (Å²) >= 11 is 0. The van der Waals surface area contributed by atoms with Gasteiger partial charge in [-0.05, 0) is 41.5 Å². The second-order valence-corrected chi connectivity index (χ2v) is 4.44. The van der Waals surface area contributed by atoms with Crippen molar-refractivity contribution in [1.82, 2.24) is 20.2 Å². The van der Waals surface area contributed by atoms with E-state index >= 15 is 0 Å². The quantitative estimate of drug-likeness (QED) is 0.732. The van der Waals surface area contributed by atoms with Crippen LogP contribution < -0.4 is 5.73 Å². The zero-order valence-electron chi connectivity index (χ0n) is 8.72. The van der Waals surface area contributed by atoms with Crippen LogP contribution in [0.15, 0.2) is 0 Å². The van der Waals surface area contributed by atoms with Gasteiger partial charge in [0.05, 0.1) is 6.04 Å². The number of tetrazole rings is 1. The Kier molecular flexibility index (Phi) is 2.39. The van der Waals surface area contributed by atoms with Crippen LogP contribution in [-0.2, 0) is 0 Å². The van der Waals surface area contributed by atoms with E-state index in [-0.39, 0.29) is 0 Å². The zero-order chi connectivity index (χ0) is 10.1. The van der Waals surface area contributed by atoms with Gasteiger partial charge in [-0.2, -0.15) is 0 Å². The number of nitrogen functional groups attached to an aromatic ring is 1. The maximum absolute atomic E-state index is 5.70. The summed E-state index contributed by atoms with van der Waals surface area (Å²) in [4.78, 5) is 0. The van der Waals surface area contributed by atoms with E-state index in [9.17, 15) is 0 Å². The minimum Gasteiger partial charge on any atom is -0.367 e. The topological polar surface area (TPSA) is 69.6 Å². The monoisotopic (exact) mass is 195 g/mol. The predicted octanol–water partition coefficient (Wildman–Crippen LogP) is 1.25. The summed E-state index contributed by atoms with van der Waals surface area (Å²) in [5.41, 5.74) is 5.70. The molecule has 0 radical (unpaired) electrons. The van der Waals surface area contributed by atoms with Gasteiger partial charge in [0.2, 0.25) is 5.95 Å². The summed E-state index contributed by atoms with van der Waals surface area (Å²) in [6, 6.07) is 0.390. The van der Waals surface area contributed by atoms with Crippen molar-refractivity contribution in [3.63, 3.8) is 0 Å². The molecule has 1 aliphatic rings. The normalized spacial score (nSPS) is 33.1. The molecule has 1 aromatic rings. The molecule has 2 N–H and O–H groups in total. The van der Waals surface area contributed by atoms with Gasteiger partial charge in [0, 0.05) is 0 Å². The first-order valence-corrected chi connectivity index (χ1v) is 5.22. The first-order valence-electron chi connectivity index (χ1n) is 5.22. The lowest BCUT2D eigenvalue weighted by Crippen LogP contribution is -2.26. The third-order valence-electron chi connectivity index (χ3n) is 3.22. The molecule has 0 spiro atoms. The summed E-state index contributed by atoms with van der Waals surface area (Å²) in [5.74, 6) is 1.87. The van der Waals surface area contributed by atoms with Gasteiger partial charge in [-0.15, -0.1) is 0 Å². The Balaban J connectivity index is 2.15. The molecule has 3 atom stereocenters. The largest absolute Gasteiger partial charge is 0.367 e. The summed E-state index contributed by atoms with van der Waals surface area (Å²) in [5, 5.41) is 11.3. The lowest BCUT2D eigenvalue weighted by Gasteiger charge is -2.32. The van der Waals surface area contributed by atoms with E-state index < -0.39 is 0 Å². The Labute approximate surface area is 83.7 Å². The van der Waals surface area contributed by atoms with Gasteiger partial charge in [0.25, 0.3) is 0 Å². The lowest BCUT2D eigenvalue weighted by molar-refractivity contribution is 0.195. The first kappa shape index (κ1) is 9.43. The Morgan fingerprint density at radius 3 is 2.71 bits per heavy atom. The van der Waals surface area contributed by atoms with E-state index in [4.69, 9.17) is 5.73 Å². The molecule has 1 aromatic heterocycles. The molecular formula is C9H17N5. The van der Waals surface area contributed by atoms with Crippen LogP contribution in [0.25, 0.3) is 0 Å². The second kappa shape index (κ2) is 3.55. The Bertz CT molecular complexity index is 308. The van der Waals surface area contributed by atoms with E-state index in [2.05, 4.69) is 29.4 Å². The first-order chi connectivity index (χ1) is 6.68. The van der Waals surface area contributed by atoms with Crippen molar-refractivity contribution in [1.29, 1.82) is 0 Å². The van der Waals surface area contributed by atoms with Crippen molar-refractivity contribution in [2.45, 2.75) is 39.2 Å². The van der Waals surface area contributed by atoms with Crippen molar-refractivity contribution in [3.05, 3.63) is 0 Å². The van der Waals surface area contributed by atoms with Gasteiger partial charge < -0.3 is 5.73 Å². The highest BCUT2D eigenvalue weighted by molar-refractivity contribution is 5.12. The van der Waals surface area contributed by atoms with Gasteiger partial charge in [0.15, 0.2) is 0 Å². The minimum absolute atomic E-state index is 0.390. The molecule has 1 heterocycles. The number of nitrogens with zero attached hydrogens (tertiary/aromatic N) is 4. The van der Waals surface area contributed by atoms with Crippen LogP contribution in [0.1, 0.15) is 39.2 Å². The summed E-state index contributed by atoms with van der Waals surface area (Å²) < 4.78 is 1.77. The van der Waals surface area contributed by atoms with E-state index in [0.29, 0.717) is 17.9 Å². The van der Waals surface area contributed by atoms with Crippen LogP contribution in [0.2, 0.25) is 0 Å². The molecule has 5 nitrogen and oxygen atoms in total. The Morgan fingerprint density at radius 2 is 2.14 bits per heavy atom. The summed E-state index contributed by atoms with van der Waals surface area (Å²) in [6.45, 7) is 4.55. The summed E-state index contributed by atoms with van der Waals surface area (Å²) in [6.07, 6.45) is 3.62. The maximum Gasteiger partial charge on any atom is 0.240 e. The predicted molar refractivity (Wildman–Crippen MR) is 53.4 cm³/mol. The Morgan fingerprint density at radius 1 is 1.36 bits per heavy atom. The third kappa shape index (κ3) is 1.58. The molecule has 2 rings (SSSR count). The molecule has 0 bridgehead atoms. The smallest absolute Gasteiger partial charge is 0.240 e. The van der Waals surface area contributed by atoms with Crippen molar-refractivity contribution in [2.75, 3.05) is 5.73 Å². The maximum atomic E-state index is 5.70. The second-order valence-electron chi connectivity index (χ2n) is 4.44. The van der Waals surface area contributed by atoms with E-state index in [1.165, 1.54) is 12.8 Å². The molecule has 0 amide bonds. The number of hydrogen-bond acceptors (Lipinski definition) is 4. The average Bonchev–Trinajstić information content (AvgIpc) is 2.52. The number of aromatic nitrogens is 4. The van der Waals surface area contributed by atoms with Crippen LogP contribution in [0.3, 0.4) is 0 Å². The van der Waals surface area contributed by atoms with Gasteiger partial charge in [0.1, 0.15) is 0 Å². The fraction of sp³-hybridized carbons (Fsp3) is 0.889. The molecule has 14 heavy (non-hydrogen) atoms. The Hall–Kier alpha value is -1.13. The fourth-order valence-electron chi connectivity index (χ4n) is 2.45. The van der Waals surface area contributed by atoms with Crippen molar-refractivity contribution in [3.8, 4) is 0 Å². The molecule has 3 unspecified atom stereocenters. The van der Waals surface area contributed by atoms with Gasteiger partial charge in [-0.25, -0.2) is 4.68 Å². The number of nitrogens with two attached hydrogens (primary N) is 1. The number of hydrogen-bond donors (Lipinski definition) is 1. The molecule has 1 fully saturated rings. The third-order valence-corrected chi connectivity index (χ3v) is 3.22. The molecule has 1 aliphatic carbocycles. The van der Waals surface area contributed by atoms with Crippen LogP contribution >= 0.6 is 0 Å². The van der Waals surface area contributed by atoms with Crippen molar-refractivity contribution in [2.24, 2.45) is 11.8 Å². The van der Waals surface area contributed by atoms with E-state index in [1.54, 1.807) is 4.68 Å². The molecule has 0 saturated heterocycles. The standard InChI is InChI=1S/C9H17N5/c1-6-3-4-8(7(2)5-6)14-9(10)11-12-13-14/h6-8H,3-5H2,1-2H3,(H2,10,11,13). The van der Waals surface area contributed by atoms with Gasteiger partial charge >= 0.3 is 0 Å². The SMILES string of the molecule is CC1CCC(n2nnnc2N)C(C)C1. The van der Waals surface area contributed by atoms with Crippen LogP contribution in [0.5, 0.6) is 0 Å². The molecule has 0 aliphatic heterocycles. The highest BCUT2D eigenvalue weighted by Crippen LogP contribution is 2.36. The molecule has 0 aromatic carbocycles. The fourth-order valence-corrected chi connectivity index (χ4v) is 2.45. The van der Waals surface area contributed by atoms with Crippen LogP contribution in [0.4, 0.5) is 5.95 Å². The number of anilines is 1. The van der Waals surface area contributed by atoms with Crippen molar-refractivity contribution < 1.29 is 0 Å². The van der Waals surface area contributed by atoms with Crippen LogP contribution in [0, 0.1) is 11.8 Å².